The van der Waals surface area contributed by atoms with E-state index in [1.165, 1.54) is 0 Å². The molecule has 144 valence electrons. The first-order chi connectivity index (χ1) is 13.8. The number of hydrogen-bond acceptors (Lipinski definition) is 9. The van der Waals surface area contributed by atoms with Crippen LogP contribution >= 0.6 is 23.5 Å². The summed E-state index contributed by atoms with van der Waals surface area (Å²) in [6.45, 7) is 2.18. The quantitative estimate of drug-likeness (QED) is 0.240. The van der Waals surface area contributed by atoms with Crippen LogP contribution in [-0.2, 0) is 0 Å². The molecule has 0 unspecified atom stereocenters. The topological polar surface area (TPSA) is 75.0 Å². The number of rotatable bonds is 7. The minimum Gasteiger partial charge on any atom is -0.461 e. The molecule has 0 radical (unpaired) electrons. The maximum atomic E-state index is 5.67. The summed E-state index contributed by atoms with van der Waals surface area (Å²) in [5, 5.41) is 3.39. The van der Waals surface area contributed by atoms with Crippen molar-refractivity contribution in [3.8, 4) is 5.75 Å². The van der Waals surface area contributed by atoms with Crippen LogP contribution in [0.5, 0.6) is 5.75 Å². The molecule has 7 nitrogen and oxygen atoms in total. The molecule has 4 rings (SSSR count). The molecule has 2 aromatic rings. The van der Waals surface area contributed by atoms with Gasteiger partial charge < -0.3 is 4.74 Å². The summed E-state index contributed by atoms with van der Waals surface area (Å²) >= 11 is 3.24. The highest BCUT2D eigenvalue weighted by Crippen LogP contribution is 2.34. The Balaban J connectivity index is 1.61. The fourth-order valence-corrected chi connectivity index (χ4v) is 4.18. The summed E-state index contributed by atoms with van der Waals surface area (Å²) in [6, 6.07) is 9.57. The first-order valence-corrected chi connectivity index (χ1v) is 11.2. The van der Waals surface area contributed by atoms with Crippen LogP contribution < -0.4 is 10.2 Å². The summed E-state index contributed by atoms with van der Waals surface area (Å²) in [5.74, 6) is 3.72. The molecule has 9 heteroatoms. The van der Waals surface area contributed by atoms with Crippen LogP contribution in [0.2, 0.25) is 0 Å². The van der Waals surface area contributed by atoms with E-state index < -0.39 is 0 Å². The molecule has 1 aromatic heterocycles. The third-order valence-electron chi connectivity index (χ3n) is 4.02. The lowest BCUT2D eigenvalue weighted by molar-refractivity contribution is 0.455. The van der Waals surface area contributed by atoms with Crippen molar-refractivity contribution in [2.24, 2.45) is 9.98 Å². The monoisotopic (exact) mass is 412 g/mol. The van der Waals surface area contributed by atoms with Crippen molar-refractivity contribution in [1.29, 1.82) is 0 Å². The fourth-order valence-electron chi connectivity index (χ4n) is 2.64. The number of hydrogen-bond donors (Lipinski definition) is 1. The third-order valence-corrected chi connectivity index (χ3v) is 5.63. The molecule has 0 fully saturated rings. The second-order valence-corrected chi connectivity index (χ2v) is 7.87. The van der Waals surface area contributed by atoms with Gasteiger partial charge in [0.15, 0.2) is 22.6 Å². The van der Waals surface area contributed by atoms with Gasteiger partial charge in [0.25, 0.3) is 0 Å². The van der Waals surface area contributed by atoms with E-state index in [0.717, 1.165) is 45.9 Å². The molecule has 2 aliphatic heterocycles. The number of ether oxygens (including phenoxy) is 1. The molecule has 3 heterocycles. The van der Waals surface area contributed by atoms with Crippen molar-refractivity contribution in [3.05, 3.63) is 48.0 Å². The van der Waals surface area contributed by atoms with Gasteiger partial charge in [-0.1, -0.05) is 43.3 Å². The fraction of sp³-hybridized carbons (Fsp3) is 0.263. The van der Waals surface area contributed by atoms with Gasteiger partial charge in [-0.25, -0.2) is 25.0 Å². The molecule has 1 aromatic carbocycles. The van der Waals surface area contributed by atoms with E-state index in [1.54, 1.807) is 41.1 Å². The van der Waals surface area contributed by atoms with Crippen LogP contribution in [0.25, 0.3) is 0 Å². The maximum Gasteiger partial charge on any atom is 0.190 e. The molecule has 1 N–H and O–H groups in total. The van der Waals surface area contributed by atoms with Gasteiger partial charge >= 0.3 is 0 Å². The number of hydrazine groups is 1. The zero-order valence-corrected chi connectivity index (χ0v) is 17.3. The molecule has 0 saturated heterocycles. The SMILES string of the molecule is CCCCSc1nc2c(c(SC)n1)C1=NC(=COc3ccccc3)NN1C=N2. The Kier molecular flexibility index (Phi) is 5.82. The number of nitrogens with zero attached hydrogens (tertiary/aromatic N) is 5. The number of nitrogens with one attached hydrogen (secondary N) is 1. The minimum absolute atomic E-state index is 0.589. The Morgan fingerprint density at radius 1 is 1.21 bits per heavy atom. The van der Waals surface area contributed by atoms with Crippen LogP contribution in [0.4, 0.5) is 5.82 Å². The lowest BCUT2D eigenvalue weighted by atomic mass is 10.2. The Bertz CT molecular complexity index is 945. The number of thioether (sulfide) groups is 2. The van der Waals surface area contributed by atoms with Crippen molar-refractivity contribution < 1.29 is 4.74 Å². The van der Waals surface area contributed by atoms with E-state index in [1.807, 2.05) is 36.6 Å². The van der Waals surface area contributed by atoms with E-state index >= 15 is 0 Å². The number of unbranched alkanes of at least 4 members (excludes halogenated alkanes) is 1. The Morgan fingerprint density at radius 2 is 2.07 bits per heavy atom. The van der Waals surface area contributed by atoms with Crippen molar-refractivity contribution in [1.82, 2.24) is 20.4 Å². The molecule has 0 amide bonds. The van der Waals surface area contributed by atoms with Gasteiger partial charge in [-0.3, -0.25) is 5.43 Å². The second kappa shape index (κ2) is 8.66. The molecular formula is C19H20N6OS2. The number of para-hydroxylation sites is 1. The molecule has 0 atom stereocenters. The molecule has 2 aliphatic rings. The normalized spacial score (nSPS) is 15.9. The summed E-state index contributed by atoms with van der Waals surface area (Å²) < 4.78 is 5.67. The Labute approximate surface area is 172 Å². The van der Waals surface area contributed by atoms with Gasteiger partial charge in [0, 0.05) is 5.75 Å². The van der Waals surface area contributed by atoms with Gasteiger partial charge in [-0.15, -0.1) is 11.8 Å². The van der Waals surface area contributed by atoms with E-state index in [-0.39, 0.29) is 0 Å². The first kappa shape index (κ1) is 18.8. The number of aromatic nitrogens is 2. The lowest BCUT2D eigenvalue weighted by Gasteiger charge is -2.21. The average molecular weight is 413 g/mol. The standard InChI is InChI=1S/C19H20N6OS2/c1-3-4-10-28-19-22-16-15(18(23-19)27-2)17-21-14(24-25(17)12-20-16)11-26-13-8-6-5-7-9-13/h5-9,11-12,24H,3-4,10H2,1-2H3. The largest absolute Gasteiger partial charge is 0.461 e. The predicted molar refractivity (Wildman–Crippen MR) is 114 cm³/mol. The summed E-state index contributed by atoms with van der Waals surface area (Å²) in [4.78, 5) is 18.5. The van der Waals surface area contributed by atoms with E-state index in [4.69, 9.17) is 9.72 Å². The number of benzene rings is 1. The molecule has 0 saturated carbocycles. The molecule has 0 aliphatic carbocycles. The van der Waals surface area contributed by atoms with E-state index in [0.29, 0.717) is 11.6 Å². The second-order valence-electron chi connectivity index (χ2n) is 6.01. The van der Waals surface area contributed by atoms with Crippen LogP contribution in [0.1, 0.15) is 25.3 Å². The van der Waals surface area contributed by atoms with Gasteiger partial charge in [0.2, 0.25) is 0 Å². The van der Waals surface area contributed by atoms with Crippen molar-refractivity contribution in [2.75, 3.05) is 12.0 Å². The van der Waals surface area contributed by atoms with Crippen LogP contribution in [0.15, 0.2) is 62.6 Å². The summed E-state index contributed by atoms with van der Waals surface area (Å²) in [5.41, 5.74) is 4.00. The van der Waals surface area contributed by atoms with Crippen LogP contribution in [0, 0.1) is 0 Å². The number of amidine groups is 1. The molecule has 0 spiro atoms. The Hall–Kier alpha value is -2.52. The van der Waals surface area contributed by atoms with Crippen LogP contribution in [-0.4, -0.2) is 39.2 Å². The maximum absolute atomic E-state index is 5.67. The Morgan fingerprint density at radius 3 is 2.86 bits per heavy atom. The van der Waals surface area contributed by atoms with E-state index in [2.05, 4.69) is 27.3 Å². The number of aliphatic imine (C=N–C) groups is 2. The van der Waals surface area contributed by atoms with Crippen LogP contribution in [0.3, 0.4) is 0 Å². The highest BCUT2D eigenvalue weighted by Gasteiger charge is 2.30. The summed E-state index contributed by atoms with van der Waals surface area (Å²) in [7, 11) is 0. The van der Waals surface area contributed by atoms with Crippen molar-refractivity contribution in [3.63, 3.8) is 0 Å². The number of fused-ring (bicyclic) bond motifs is 3. The highest BCUT2D eigenvalue weighted by molar-refractivity contribution is 7.99. The zero-order chi connectivity index (χ0) is 19.3. The average Bonchev–Trinajstić information content (AvgIpc) is 3.16. The van der Waals surface area contributed by atoms with Gasteiger partial charge in [-0.05, 0) is 24.8 Å². The summed E-state index contributed by atoms with van der Waals surface area (Å²) in [6.07, 6.45) is 7.57. The smallest absolute Gasteiger partial charge is 0.190 e. The lowest BCUT2D eigenvalue weighted by Crippen LogP contribution is -2.38. The zero-order valence-electron chi connectivity index (χ0n) is 15.6. The molecule has 0 bridgehead atoms. The minimum atomic E-state index is 0.589. The van der Waals surface area contributed by atoms with Gasteiger partial charge in [0.1, 0.15) is 23.4 Å². The van der Waals surface area contributed by atoms with Crippen molar-refractivity contribution >= 4 is 41.5 Å². The molecular weight excluding hydrogens is 392 g/mol. The highest BCUT2D eigenvalue weighted by atomic mass is 32.2. The van der Waals surface area contributed by atoms with Gasteiger partial charge in [-0.2, -0.15) is 0 Å². The van der Waals surface area contributed by atoms with Gasteiger partial charge in [0.05, 0.1) is 5.56 Å². The van der Waals surface area contributed by atoms with E-state index in [9.17, 15) is 0 Å². The third kappa shape index (κ3) is 4.00. The molecule has 28 heavy (non-hydrogen) atoms. The first-order valence-electron chi connectivity index (χ1n) is 8.98. The van der Waals surface area contributed by atoms with Crippen molar-refractivity contribution in [2.45, 2.75) is 29.9 Å². The predicted octanol–water partition coefficient (Wildman–Crippen LogP) is 4.21.